The molecular formula is C66H128O6. The molecule has 0 aromatic heterocycles. The van der Waals surface area contributed by atoms with Gasteiger partial charge in [-0.3, -0.25) is 14.4 Å². The molecule has 0 aromatic rings. The molecule has 0 amide bonds. The molecule has 0 heterocycles. The molecule has 0 aliphatic heterocycles. The van der Waals surface area contributed by atoms with Crippen LogP contribution in [0.25, 0.3) is 0 Å². The molecule has 0 spiro atoms. The third-order valence-corrected chi connectivity index (χ3v) is 16.3. The van der Waals surface area contributed by atoms with Crippen molar-refractivity contribution in [2.24, 2.45) is 40.9 Å². The Hall–Kier alpha value is -1.59. The highest BCUT2D eigenvalue weighted by Gasteiger charge is 2.36. The lowest BCUT2D eigenvalue weighted by Gasteiger charge is -2.32. The summed E-state index contributed by atoms with van der Waals surface area (Å²) in [5.74, 6) is 1.51. The Morgan fingerprint density at radius 2 is 0.444 bits per heavy atom. The van der Waals surface area contributed by atoms with Crippen molar-refractivity contribution in [3.05, 3.63) is 0 Å². The first kappa shape index (κ1) is 70.4. The second-order valence-corrected chi connectivity index (χ2v) is 24.6. The van der Waals surface area contributed by atoms with Gasteiger partial charge < -0.3 is 14.2 Å². The second kappa shape index (κ2) is 50.2. The molecular weight excluding hydrogens is 889 g/mol. The standard InChI is InChI=1S/C66H128O6/c1-11-60(51-45-39-33-27-21-15-18-24-30-36-42-48-57(5)6)63(67)70-54-66(14-4,55-71-64(68)61(12-2)52-46-40-34-28-22-16-19-25-31-37-43-49-58(7)8)56-72-65(69)62(13-3)53-47-41-35-29-23-17-20-26-32-38-44-50-59(9)10/h57-62H,11-56H2,1-10H3. The largest absolute Gasteiger partial charge is 0.465 e. The fraction of sp³-hybridized carbons (Fsp3) is 0.955. The maximum absolute atomic E-state index is 13.7. The van der Waals surface area contributed by atoms with Crippen molar-refractivity contribution in [2.75, 3.05) is 19.8 Å². The van der Waals surface area contributed by atoms with Crippen LogP contribution in [0.5, 0.6) is 0 Å². The second-order valence-electron chi connectivity index (χ2n) is 24.6. The van der Waals surface area contributed by atoms with Gasteiger partial charge in [0.25, 0.3) is 0 Å². The van der Waals surface area contributed by atoms with E-state index in [9.17, 15) is 14.4 Å². The van der Waals surface area contributed by atoms with E-state index in [0.717, 1.165) is 94.8 Å². The van der Waals surface area contributed by atoms with Gasteiger partial charge in [-0.05, 0) is 62.7 Å². The topological polar surface area (TPSA) is 78.9 Å². The number of rotatable bonds is 55. The molecule has 0 fully saturated rings. The third kappa shape index (κ3) is 42.6. The molecule has 0 saturated heterocycles. The smallest absolute Gasteiger partial charge is 0.308 e. The van der Waals surface area contributed by atoms with Gasteiger partial charge >= 0.3 is 17.9 Å². The van der Waals surface area contributed by atoms with E-state index in [1.165, 1.54) is 193 Å². The summed E-state index contributed by atoms with van der Waals surface area (Å²) >= 11 is 0. The summed E-state index contributed by atoms with van der Waals surface area (Å²) in [7, 11) is 0. The van der Waals surface area contributed by atoms with Gasteiger partial charge in [0.1, 0.15) is 19.8 Å². The summed E-state index contributed by atoms with van der Waals surface area (Å²) in [4.78, 5) is 41.0. The van der Waals surface area contributed by atoms with E-state index in [1.807, 2.05) is 6.92 Å². The zero-order chi connectivity index (χ0) is 53.3. The van der Waals surface area contributed by atoms with Crippen molar-refractivity contribution in [2.45, 2.75) is 345 Å². The van der Waals surface area contributed by atoms with Gasteiger partial charge in [0.15, 0.2) is 0 Å². The molecule has 6 nitrogen and oxygen atoms in total. The summed E-state index contributed by atoms with van der Waals surface area (Å²) in [5.41, 5.74) is -0.786. The Kier molecular flexibility index (Phi) is 49.1. The van der Waals surface area contributed by atoms with E-state index in [4.69, 9.17) is 14.2 Å². The van der Waals surface area contributed by atoms with Crippen molar-refractivity contribution in [1.29, 1.82) is 0 Å². The lowest BCUT2D eigenvalue weighted by Crippen LogP contribution is -2.40. The number of hydrogen-bond acceptors (Lipinski definition) is 6. The van der Waals surface area contributed by atoms with Crippen LogP contribution in [0.1, 0.15) is 345 Å². The lowest BCUT2D eigenvalue weighted by atomic mass is 9.87. The first-order chi connectivity index (χ1) is 34.8. The molecule has 0 aromatic carbocycles. The average molecular weight is 1020 g/mol. The number of ether oxygens (including phenoxy) is 3. The maximum atomic E-state index is 13.7. The van der Waals surface area contributed by atoms with Gasteiger partial charge in [0, 0.05) is 0 Å². The van der Waals surface area contributed by atoms with Crippen LogP contribution in [-0.4, -0.2) is 37.7 Å². The Balaban J connectivity index is 5.14. The van der Waals surface area contributed by atoms with Crippen molar-refractivity contribution in [3.63, 3.8) is 0 Å². The van der Waals surface area contributed by atoms with E-state index in [2.05, 4.69) is 62.3 Å². The number of unbranched alkanes of at least 4 members (excludes halogenated alkanes) is 30. The van der Waals surface area contributed by atoms with Crippen LogP contribution >= 0.6 is 0 Å². The number of carbonyl (C=O) groups is 3. The first-order valence-electron chi connectivity index (χ1n) is 32.3. The minimum atomic E-state index is -0.786. The molecule has 0 N–H and O–H groups in total. The van der Waals surface area contributed by atoms with Gasteiger partial charge in [0.05, 0.1) is 23.2 Å². The highest BCUT2D eigenvalue weighted by molar-refractivity contribution is 5.73. The van der Waals surface area contributed by atoms with Crippen molar-refractivity contribution in [3.8, 4) is 0 Å². The Morgan fingerprint density at radius 1 is 0.278 bits per heavy atom. The highest BCUT2D eigenvalue weighted by Crippen LogP contribution is 2.29. The molecule has 428 valence electrons. The molecule has 0 bridgehead atoms. The fourth-order valence-electron chi connectivity index (χ4n) is 10.5. The van der Waals surface area contributed by atoms with Gasteiger partial charge in [-0.25, -0.2) is 0 Å². The molecule has 3 unspecified atom stereocenters. The van der Waals surface area contributed by atoms with Crippen LogP contribution in [0.2, 0.25) is 0 Å². The van der Waals surface area contributed by atoms with Crippen LogP contribution in [0.4, 0.5) is 0 Å². The van der Waals surface area contributed by atoms with Crippen molar-refractivity contribution in [1.82, 2.24) is 0 Å². The normalized spacial score (nSPS) is 14.0. The minimum absolute atomic E-state index is 0.0843. The zero-order valence-corrected chi connectivity index (χ0v) is 50.4. The van der Waals surface area contributed by atoms with Crippen LogP contribution in [0.3, 0.4) is 0 Å². The molecule has 0 aliphatic carbocycles. The Morgan fingerprint density at radius 3 is 0.597 bits per heavy atom. The minimum Gasteiger partial charge on any atom is -0.465 e. The summed E-state index contributed by atoms with van der Waals surface area (Å²) in [5, 5.41) is 0. The van der Waals surface area contributed by atoms with Crippen LogP contribution in [-0.2, 0) is 28.6 Å². The zero-order valence-electron chi connectivity index (χ0n) is 50.4. The van der Waals surface area contributed by atoms with E-state index in [1.54, 1.807) is 0 Å². The molecule has 72 heavy (non-hydrogen) atoms. The highest BCUT2D eigenvalue weighted by atomic mass is 16.6. The van der Waals surface area contributed by atoms with Crippen LogP contribution in [0, 0.1) is 40.9 Å². The Labute approximate surface area is 450 Å². The summed E-state index contributed by atoms with van der Waals surface area (Å²) < 4.78 is 18.5. The van der Waals surface area contributed by atoms with Crippen molar-refractivity contribution < 1.29 is 28.6 Å². The molecule has 0 saturated carbocycles. The molecule has 3 atom stereocenters. The molecule has 0 aliphatic rings. The number of hydrogen-bond donors (Lipinski definition) is 0. The fourth-order valence-corrected chi connectivity index (χ4v) is 10.5. The average Bonchev–Trinajstić information content (AvgIpc) is 3.36. The first-order valence-corrected chi connectivity index (χ1v) is 32.3. The Bertz CT molecular complexity index is 1050. The van der Waals surface area contributed by atoms with E-state index in [-0.39, 0.29) is 55.5 Å². The maximum Gasteiger partial charge on any atom is 0.308 e. The van der Waals surface area contributed by atoms with Gasteiger partial charge in [-0.2, -0.15) is 0 Å². The number of esters is 3. The van der Waals surface area contributed by atoms with Crippen molar-refractivity contribution >= 4 is 17.9 Å². The summed E-state index contributed by atoms with van der Waals surface area (Å²) in [6.45, 7) is 22.5. The van der Waals surface area contributed by atoms with Gasteiger partial charge in [-0.15, -0.1) is 0 Å². The number of carbonyl (C=O) groups excluding carboxylic acids is 3. The summed E-state index contributed by atoms with van der Waals surface area (Å²) in [6.07, 6.45) is 52.1. The predicted molar refractivity (Wildman–Crippen MR) is 312 cm³/mol. The van der Waals surface area contributed by atoms with E-state index >= 15 is 0 Å². The summed E-state index contributed by atoms with van der Waals surface area (Å²) in [6, 6.07) is 0. The quantitative estimate of drug-likeness (QED) is 0.0343. The van der Waals surface area contributed by atoms with Crippen LogP contribution < -0.4 is 0 Å². The van der Waals surface area contributed by atoms with Crippen LogP contribution in [0.15, 0.2) is 0 Å². The van der Waals surface area contributed by atoms with E-state index in [0.29, 0.717) is 6.42 Å². The van der Waals surface area contributed by atoms with Gasteiger partial charge in [-0.1, -0.05) is 300 Å². The predicted octanol–water partition coefficient (Wildman–Crippen LogP) is 21.3. The molecule has 0 radical (unpaired) electrons. The third-order valence-electron chi connectivity index (χ3n) is 16.3. The SMILES string of the molecule is CCC(CCCCCCCCCCCCCC(C)C)C(=O)OCC(CC)(COC(=O)C(CC)CCCCCCCCCCCCCC(C)C)COC(=O)C(CC)CCCCCCCCCCCCCC(C)C. The van der Waals surface area contributed by atoms with Gasteiger partial charge in [0.2, 0.25) is 0 Å². The lowest BCUT2D eigenvalue weighted by molar-refractivity contribution is -0.168. The van der Waals surface area contributed by atoms with E-state index < -0.39 is 5.41 Å². The molecule has 0 rings (SSSR count). The monoisotopic (exact) mass is 1020 g/mol. The molecule has 6 heteroatoms.